The van der Waals surface area contributed by atoms with Gasteiger partial charge in [0, 0.05) is 10.9 Å². The second kappa shape index (κ2) is 8.37. The average molecular weight is 407 g/mol. The Morgan fingerprint density at radius 3 is 2.66 bits per heavy atom. The maximum atomic E-state index is 12.4. The maximum Gasteiger partial charge on any atom is 0.264 e. The number of aromatic nitrogens is 1. The number of amides is 1. The van der Waals surface area contributed by atoms with E-state index in [-0.39, 0.29) is 12.5 Å². The third-order valence-electron chi connectivity index (χ3n) is 5.62. The third kappa shape index (κ3) is 4.35. The van der Waals surface area contributed by atoms with Crippen LogP contribution < -0.4 is 10.1 Å². The molecule has 1 amide bonds. The normalized spacial score (nSPS) is 13.1. The van der Waals surface area contributed by atoms with Crippen LogP contribution in [0.5, 0.6) is 5.75 Å². The van der Waals surface area contributed by atoms with Crippen LogP contribution in [0, 0.1) is 20.8 Å². The number of rotatable bonds is 5. The van der Waals surface area contributed by atoms with Crippen molar-refractivity contribution in [1.29, 1.82) is 0 Å². The van der Waals surface area contributed by atoms with Crippen LogP contribution in [0.25, 0.3) is 11.3 Å². The Bertz CT molecular complexity index is 1060. The van der Waals surface area contributed by atoms with E-state index < -0.39 is 0 Å². The first-order chi connectivity index (χ1) is 14.0. The fraction of sp³-hybridized carbons (Fsp3) is 0.333. The van der Waals surface area contributed by atoms with Crippen molar-refractivity contribution in [3.8, 4) is 17.0 Å². The van der Waals surface area contributed by atoms with Crippen molar-refractivity contribution in [1.82, 2.24) is 4.98 Å². The molecule has 0 saturated heterocycles. The van der Waals surface area contributed by atoms with Crippen LogP contribution in [0.2, 0.25) is 0 Å². The minimum absolute atomic E-state index is 0.0289. The van der Waals surface area contributed by atoms with Crippen LogP contribution in [0.1, 0.15) is 40.7 Å². The lowest BCUT2D eigenvalue weighted by Gasteiger charge is -2.16. The van der Waals surface area contributed by atoms with Gasteiger partial charge in [-0.25, -0.2) is 4.98 Å². The second-order valence-corrected chi connectivity index (χ2v) is 8.58. The number of hydrogen-bond donors (Lipinski definition) is 1. The van der Waals surface area contributed by atoms with Crippen LogP contribution in [0.4, 0.5) is 5.13 Å². The SMILES string of the molecule is Cc1ccc(C)c(OCC(=O)Nc2nc(-c3ccc4c(c3)CCCC4)cs2)c1C. The molecule has 0 atom stereocenters. The largest absolute Gasteiger partial charge is 0.483 e. The van der Waals surface area contributed by atoms with Crippen LogP contribution in [-0.4, -0.2) is 17.5 Å². The summed E-state index contributed by atoms with van der Waals surface area (Å²) in [6.45, 7) is 6.02. The van der Waals surface area contributed by atoms with Gasteiger partial charge in [-0.1, -0.05) is 24.3 Å². The predicted octanol–water partition coefficient (Wildman–Crippen LogP) is 5.63. The van der Waals surface area contributed by atoms with E-state index in [2.05, 4.69) is 34.6 Å². The van der Waals surface area contributed by atoms with Gasteiger partial charge in [0.2, 0.25) is 0 Å². The molecule has 29 heavy (non-hydrogen) atoms. The number of ether oxygens (including phenoxy) is 1. The molecule has 1 heterocycles. The summed E-state index contributed by atoms with van der Waals surface area (Å²) in [5.74, 6) is 0.589. The number of nitrogens with zero attached hydrogens (tertiary/aromatic N) is 1. The van der Waals surface area contributed by atoms with Crippen molar-refractivity contribution in [2.24, 2.45) is 0 Å². The number of thiazole rings is 1. The number of aryl methyl sites for hydroxylation is 4. The van der Waals surface area contributed by atoms with Gasteiger partial charge in [-0.3, -0.25) is 10.1 Å². The van der Waals surface area contributed by atoms with Crippen LogP contribution in [0.3, 0.4) is 0 Å². The van der Waals surface area contributed by atoms with Gasteiger partial charge < -0.3 is 4.74 Å². The molecule has 1 aliphatic carbocycles. The average Bonchev–Trinajstić information content (AvgIpc) is 3.19. The summed E-state index contributed by atoms with van der Waals surface area (Å²) in [6, 6.07) is 10.7. The van der Waals surface area contributed by atoms with Gasteiger partial charge in [0.25, 0.3) is 5.91 Å². The summed E-state index contributed by atoms with van der Waals surface area (Å²) < 4.78 is 5.80. The second-order valence-electron chi connectivity index (χ2n) is 7.72. The van der Waals surface area contributed by atoms with E-state index >= 15 is 0 Å². The van der Waals surface area contributed by atoms with Gasteiger partial charge >= 0.3 is 0 Å². The molecule has 3 aromatic rings. The molecule has 0 radical (unpaired) electrons. The van der Waals surface area contributed by atoms with Gasteiger partial charge in [0.1, 0.15) is 5.75 Å². The number of anilines is 1. The summed E-state index contributed by atoms with van der Waals surface area (Å²) in [5.41, 5.74) is 8.18. The standard InChI is InChI=1S/C24H26N2O2S/c1-15-8-9-16(2)23(17(15)3)28-13-22(27)26-24-25-21(14-29-24)20-11-10-18-6-4-5-7-19(18)12-20/h8-12,14H,4-7,13H2,1-3H3,(H,25,26,27). The molecule has 0 aliphatic heterocycles. The first-order valence-corrected chi connectivity index (χ1v) is 11.0. The molecule has 5 heteroatoms. The number of nitrogens with one attached hydrogen (secondary N) is 1. The zero-order valence-electron chi connectivity index (χ0n) is 17.2. The molecule has 4 rings (SSSR count). The molecular weight excluding hydrogens is 380 g/mol. The lowest BCUT2D eigenvalue weighted by Crippen LogP contribution is -2.20. The highest BCUT2D eigenvalue weighted by Crippen LogP contribution is 2.30. The smallest absolute Gasteiger partial charge is 0.264 e. The van der Waals surface area contributed by atoms with E-state index in [1.165, 1.54) is 41.7 Å². The van der Waals surface area contributed by atoms with Gasteiger partial charge in [-0.05, 0) is 80.3 Å². The minimum atomic E-state index is -0.198. The van der Waals surface area contributed by atoms with Crippen molar-refractivity contribution in [3.05, 3.63) is 63.5 Å². The zero-order chi connectivity index (χ0) is 20.4. The van der Waals surface area contributed by atoms with Crippen molar-refractivity contribution < 1.29 is 9.53 Å². The first-order valence-electron chi connectivity index (χ1n) is 10.1. The van der Waals surface area contributed by atoms with E-state index in [9.17, 15) is 4.79 Å². The molecule has 2 aromatic carbocycles. The molecule has 150 valence electrons. The Hall–Kier alpha value is -2.66. The Kier molecular flexibility index (Phi) is 5.67. The fourth-order valence-electron chi connectivity index (χ4n) is 3.80. The monoisotopic (exact) mass is 406 g/mol. The van der Waals surface area contributed by atoms with Crippen LogP contribution in [0.15, 0.2) is 35.7 Å². The summed E-state index contributed by atoms with van der Waals surface area (Å²) in [7, 11) is 0. The van der Waals surface area contributed by atoms with E-state index in [1.807, 2.05) is 32.2 Å². The highest BCUT2D eigenvalue weighted by atomic mass is 32.1. The summed E-state index contributed by atoms with van der Waals surface area (Å²) in [5, 5.41) is 5.46. The number of fused-ring (bicyclic) bond motifs is 1. The Balaban J connectivity index is 1.40. The molecular formula is C24H26N2O2S. The van der Waals surface area contributed by atoms with E-state index in [0.717, 1.165) is 40.1 Å². The summed E-state index contributed by atoms with van der Waals surface area (Å²) >= 11 is 1.44. The van der Waals surface area contributed by atoms with Gasteiger partial charge in [0.15, 0.2) is 11.7 Å². The lowest BCUT2D eigenvalue weighted by atomic mass is 9.90. The number of carbonyl (C=O) groups excluding carboxylic acids is 1. The molecule has 1 aromatic heterocycles. The lowest BCUT2D eigenvalue weighted by molar-refractivity contribution is -0.118. The third-order valence-corrected chi connectivity index (χ3v) is 6.37. The molecule has 0 saturated carbocycles. The Labute approximate surface area is 176 Å². The molecule has 1 N–H and O–H groups in total. The van der Waals surface area contributed by atoms with Crippen LogP contribution in [-0.2, 0) is 17.6 Å². The highest BCUT2D eigenvalue weighted by Gasteiger charge is 2.14. The van der Waals surface area contributed by atoms with Crippen LogP contribution >= 0.6 is 11.3 Å². The van der Waals surface area contributed by atoms with E-state index in [4.69, 9.17) is 4.74 Å². The van der Waals surface area contributed by atoms with Crippen molar-refractivity contribution in [2.45, 2.75) is 46.5 Å². The van der Waals surface area contributed by atoms with Crippen molar-refractivity contribution in [2.75, 3.05) is 11.9 Å². The number of hydrogen-bond acceptors (Lipinski definition) is 4. The zero-order valence-corrected chi connectivity index (χ0v) is 18.0. The Morgan fingerprint density at radius 1 is 1.07 bits per heavy atom. The maximum absolute atomic E-state index is 12.4. The van der Waals surface area contributed by atoms with Gasteiger partial charge in [-0.2, -0.15) is 0 Å². The first kappa shape index (κ1) is 19.6. The van der Waals surface area contributed by atoms with Gasteiger partial charge in [-0.15, -0.1) is 11.3 Å². The summed E-state index contributed by atoms with van der Waals surface area (Å²) in [6.07, 6.45) is 4.86. The van der Waals surface area contributed by atoms with E-state index in [1.54, 1.807) is 0 Å². The highest BCUT2D eigenvalue weighted by molar-refractivity contribution is 7.14. The minimum Gasteiger partial charge on any atom is -0.483 e. The number of carbonyl (C=O) groups is 1. The molecule has 4 nitrogen and oxygen atoms in total. The van der Waals surface area contributed by atoms with Crippen molar-refractivity contribution in [3.63, 3.8) is 0 Å². The van der Waals surface area contributed by atoms with Gasteiger partial charge in [0.05, 0.1) is 5.69 Å². The molecule has 0 spiro atoms. The topological polar surface area (TPSA) is 51.2 Å². The fourth-order valence-corrected chi connectivity index (χ4v) is 4.53. The van der Waals surface area contributed by atoms with E-state index in [0.29, 0.717) is 5.13 Å². The molecule has 0 unspecified atom stereocenters. The predicted molar refractivity (Wildman–Crippen MR) is 119 cm³/mol. The Morgan fingerprint density at radius 2 is 1.83 bits per heavy atom. The molecule has 1 aliphatic rings. The van der Waals surface area contributed by atoms with Crippen molar-refractivity contribution >= 4 is 22.4 Å². The molecule has 0 bridgehead atoms. The molecule has 0 fully saturated rings. The quantitative estimate of drug-likeness (QED) is 0.597. The summed E-state index contributed by atoms with van der Waals surface area (Å²) in [4.78, 5) is 17.0. The number of benzene rings is 2.